The molecule has 0 heterocycles. The zero-order chi connectivity index (χ0) is 14.8. The molecule has 2 rings (SSSR count). The minimum atomic E-state index is -4.05. The third kappa shape index (κ3) is 3.25. The third-order valence-electron chi connectivity index (χ3n) is 2.34. The molecule has 8 heteroatoms. The molecule has 0 bridgehead atoms. The van der Waals surface area contributed by atoms with Crippen molar-refractivity contribution in [2.45, 2.75) is 4.90 Å². The van der Waals surface area contributed by atoms with E-state index in [0.29, 0.717) is 5.02 Å². The van der Waals surface area contributed by atoms with Gasteiger partial charge in [-0.1, -0.05) is 17.7 Å². The Bertz CT molecular complexity index is 743. The van der Waals surface area contributed by atoms with Crippen LogP contribution in [-0.4, -0.2) is 13.3 Å². The van der Waals surface area contributed by atoms with Gasteiger partial charge in [0.2, 0.25) is 0 Å². The predicted molar refractivity (Wildman–Crippen MR) is 72.4 cm³/mol. The van der Waals surface area contributed by atoms with E-state index < -0.39 is 15.0 Å². The fourth-order valence-electron chi connectivity index (χ4n) is 1.42. The van der Waals surface area contributed by atoms with Crippen molar-refractivity contribution >= 4 is 27.4 Å². The molecule has 0 aliphatic rings. The van der Waals surface area contributed by atoms with Crippen molar-refractivity contribution < 1.29 is 17.5 Å². The standard InChI is InChI=1S/C12H8ClNO5S/c13-9-4-6-12(7-5-9)20(17,18)19-11-3-1-2-10(8-11)14(15)16/h1-8H. The molecule has 0 atom stereocenters. The Morgan fingerprint density at radius 1 is 1.10 bits per heavy atom. The molecule has 0 amide bonds. The van der Waals surface area contributed by atoms with Crippen LogP contribution in [0.1, 0.15) is 0 Å². The lowest BCUT2D eigenvalue weighted by Gasteiger charge is -2.06. The minimum absolute atomic E-state index is 0.0894. The van der Waals surface area contributed by atoms with Gasteiger partial charge in [-0.05, 0) is 30.3 Å². The van der Waals surface area contributed by atoms with Gasteiger partial charge in [-0.25, -0.2) is 0 Å². The van der Waals surface area contributed by atoms with Crippen LogP contribution in [0, 0.1) is 10.1 Å². The molecular weight excluding hydrogens is 306 g/mol. The monoisotopic (exact) mass is 313 g/mol. The average molecular weight is 314 g/mol. The first kappa shape index (κ1) is 14.3. The molecule has 0 aromatic heterocycles. The highest BCUT2D eigenvalue weighted by Crippen LogP contribution is 2.23. The van der Waals surface area contributed by atoms with Crippen molar-refractivity contribution in [1.82, 2.24) is 0 Å². The second-order valence-corrected chi connectivity index (χ2v) is 5.73. The fourth-order valence-corrected chi connectivity index (χ4v) is 2.47. The van der Waals surface area contributed by atoms with E-state index in [1.165, 1.54) is 42.5 Å². The van der Waals surface area contributed by atoms with E-state index in [9.17, 15) is 18.5 Å². The highest BCUT2D eigenvalue weighted by molar-refractivity contribution is 7.87. The van der Waals surface area contributed by atoms with E-state index in [2.05, 4.69) is 0 Å². The summed E-state index contributed by atoms with van der Waals surface area (Å²) in [6.45, 7) is 0. The maximum atomic E-state index is 12.0. The van der Waals surface area contributed by atoms with Gasteiger partial charge in [-0.3, -0.25) is 10.1 Å². The van der Waals surface area contributed by atoms with Crippen LogP contribution in [0.5, 0.6) is 5.75 Å². The summed E-state index contributed by atoms with van der Waals surface area (Å²) in [5, 5.41) is 11.0. The van der Waals surface area contributed by atoms with Crippen LogP contribution in [0.3, 0.4) is 0 Å². The molecule has 0 spiro atoms. The maximum absolute atomic E-state index is 12.0. The Morgan fingerprint density at radius 2 is 1.75 bits per heavy atom. The van der Waals surface area contributed by atoms with Gasteiger partial charge >= 0.3 is 10.1 Å². The van der Waals surface area contributed by atoms with Crippen LogP contribution < -0.4 is 4.18 Å². The summed E-state index contributed by atoms with van der Waals surface area (Å²) in [6.07, 6.45) is 0. The summed E-state index contributed by atoms with van der Waals surface area (Å²) in [5.41, 5.74) is -0.256. The lowest BCUT2D eigenvalue weighted by atomic mass is 10.3. The zero-order valence-corrected chi connectivity index (χ0v) is 11.5. The molecule has 0 saturated carbocycles. The van der Waals surface area contributed by atoms with Crippen LogP contribution in [0.4, 0.5) is 5.69 Å². The quantitative estimate of drug-likeness (QED) is 0.492. The molecule has 2 aromatic rings. The number of non-ortho nitro benzene ring substituents is 1. The Balaban J connectivity index is 2.31. The molecule has 0 fully saturated rings. The average Bonchev–Trinajstić information content (AvgIpc) is 2.39. The zero-order valence-electron chi connectivity index (χ0n) is 9.89. The first-order valence-electron chi connectivity index (χ1n) is 5.33. The summed E-state index contributed by atoms with van der Waals surface area (Å²) in [5.74, 6) is -0.130. The summed E-state index contributed by atoms with van der Waals surface area (Å²) < 4.78 is 28.8. The van der Waals surface area contributed by atoms with Gasteiger partial charge in [0, 0.05) is 11.1 Å². The van der Waals surface area contributed by atoms with E-state index in [1.54, 1.807) is 0 Å². The van der Waals surface area contributed by atoms with Gasteiger partial charge < -0.3 is 4.18 Å². The van der Waals surface area contributed by atoms with Crippen molar-refractivity contribution in [3.63, 3.8) is 0 Å². The smallest absolute Gasteiger partial charge is 0.339 e. The normalized spacial score (nSPS) is 11.1. The minimum Gasteiger partial charge on any atom is -0.379 e. The Hall–Kier alpha value is -2.12. The second-order valence-electron chi connectivity index (χ2n) is 3.75. The molecule has 6 nitrogen and oxygen atoms in total. The Labute approximate surface area is 119 Å². The number of nitrogens with zero attached hydrogens (tertiary/aromatic N) is 1. The molecule has 0 radical (unpaired) electrons. The van der Waals surface area contributed by atoms with E-state index in [-0.39, 0.29) is 16.3 Å². The van der Waals surface area contributed by atoms with Crippen molar-refractivity contribution in [1.29, 1.82) is 0 Å². The van der Waals surface area contributed by atoms with E-state index >= 15 is 0 Å². The Kier molecular flexibility index (Phi) is 3.91. The summed E-state index contributed by atoms with van der Waals surface area (Å²) in [6, 6.07) is 10.3. The van der Waals surface area contributed by atoms with Crippen LogP contribution in [0.15, 0.2) is 53.4 Å². The topological polar surface area (TPSA) is 86.5 Å². The summed E-state index contributed by atoms with van der Waals surface area (Å²) in [4.78, 5) is 9.89. The molecule has 2 aromatic carbocycles. The number of nitro benzene ring substituents is 1. The van der Waals surface area contributed by atoms with Crippen LogP contribution in [-0.2, 0) is 10.1 Å². The van der Waals surface area contributed by atoms with Gasteiger partial charge in [0.05, 0.1) is 11.0 Å². The van der Waals surface area contributed by atoms with E-state index in [1.807, 2.05) is 0 Å². The maximum Gasteiger partial charge on any atom is 0.339 e. The third-order valence-corrected chi connectivity index (χ3v) is 3.85. The summed E-state index contributed by atoms with van der Waals surface area (Å²) >= 11 is 5.67. The van der Waals surface area contributed by atoms with Gasteiger partial charge in [0.25, 0.3) is 5.69 Å². The summed E-state index contributed by atoms with van der Waals surface area (Å²) in [7, 11) is -4.05. The van der Waals surface area contributed by atoms with Gasteiger partial charge in [0.15, 0.2) is 0 Å². The van der Waals surface area contributed by atoms with Crippen molar-refractivity contribution in [2.24, 2.45) is 0 Å². The van der Waals surface area contributed by atoms with Gasteiger partial charge in [-0.15, -0.1) is 0 Å². The number of halogens is 1. The van der Waals surface area contributed by atoms with Crippen molar-refractivity contribution in [3.05, 3.63) is 63.7 Å². The molecule has 104 valence electrons. The molecule has 20 heavy (non-hydrogen) atoms. The van der Waals surface area contributed by atoms with Crippen LogP contribution in [0.25, 0.3) is 0 Å². The first-order chi connectivity index (χ1) is 9.38. The highest BCUT2D eigenvalue weighted by atomic mass is 35.5. The molecule has 0 N–H and O–H groups in total. The Morgan fingerprint density at radius 3 is 2.35 bits per heavy atom. The lowest BCUT2D eigenvalue weighted by Crippen LogP contribution is -2.09. The van der Waals surface area contributed by atoms with E-state index in [0.717, 1.165) is 6.07 Å². The fraction of sp³-hybridized carbons (Fsp3) is 0. The van der Waals surface area contributed by atoms with Gasteiger partial charge in [-0.2, -0.15) is 8.42 Å². The first-order valence-corrected chi connectivity index (χ1v) is 7.11. The van der Waals surface area contributed by atoms with Crippen LogP contribution >= 0.6 is 11.6 Å². The lowest BCUT2D eigenvalue weighted by molar-refractivity contribution is -0.384. The van der Waals surface area contributed by atoms with Crippen molar-refractivity contribution in [3.8, 4) is 5.75 Å². The number of benzene rings is 2. The number of hydrogen-bond acceptors (Lipinski definition) is 5. The molecule has 0 saturated heterocycles. The SMILES string of the molecule is O=[N+]([O-])c1cccc(OS(=O)(=O)c2ccc(Cl)cc2)c1. The largest absolute Gasteiger partial charge is 0.379 e. The van der Waals surface area contributed by atoms with Gasteiger partial charge in [0.1, 0.15) is 10.6 Å². The predicted octanol–water partition coefficient (Wildman–Crippen LogP) is 3.02. The number of nitro groups is 1. The number of rotatable bonds is 4. The molecule has 0 aliphatic heterocycles. The van der Waals surface area contributed by atoms with Crippen molar-refractivity contribution in [2.75, 3.05) is 0 Å². The molecular formula is C12H8ClNO5S. The molecule has 0 aliphatic carbocycles. The highest BCUT2D eigenvalue weighted by Gasteiger charge is 2.18. The van der Waals surface area contributed by atoms with E-state index in [4.69, 9.17) is 15.8 Å². The molecule has 0 unspecified atom stereocenters. The number of hydrogen-bond donors (Lipinski definition) is 0. The second kappa shape index (κ2) is 5.48. The van der Waals surface area contributed by atoms with Crippen LogP contribution in [0.2, 0.25) is 5.02 Å².